The van der Waals surface area contributed by atoms with Gasteiger partial charge < -0.3 is 9.73 Å². The molecule has 6 heteroatoms. The number of nitrogens with zero attached hydrogens (tertiary/aromatic N) is 2. The van der Waals surface area contributed by atoms with Crippen molar-refractivity contribution in [2.45, 2.75) is 59.0 Å². The fourth-order valence-electron chi connectivity index (χ4n) is 3.24. The van der Waals surface area contributed by atoms with E-state index in [1.807, 2.05) is 13.0 Å². The molecule has 1 aliphatic heterocycles. The van der Waals surface area contributed by atoms with Crippen LogP contribution in [0.2, 0.25) is 0 Å². The molecule has 2 aromatic heterocycles. The second-order valence-electron chi connectivity index (χ2n) is 6.63. The molecule has 25 heavy (non-hydrogen) atoms. The lowest BCUT2D eigenvalue weighted by Gasteiger charge is -2.31. The van der Waals surface area contributed by atoms with Gasteiger partial charge in [-0.1, -0.05) is 13.3 Å². The van der Waals surface area contributed by atoms with E-state index >= 15 is 0 Å². The Balaban J connectivity index is 1.59. The topological polar surface area (TPSA) is 58.4 Å². The van der Waals surface area contributed by atoms with Crippen molar-refractivity contribution in [2.24, 2.45) is 0 Å². The van der Waals surface area contributed by atoms with Crippen LogP contribution in [0.1, 0.15) is 71.0 Å². The molecule has 1 aliphatic rings. The van der Waals surface area contributed by atoms with Gasteiger partial charge >= 0.3 is 0 Å². The van der Waals surface area contributed by atoms with Crippen LogP contribution in [0.4, 0.5) is 0 Å². The summed E-state index contributed by atoms with van der Waals surface area (Å²) in [5.41, 5.74) is 1.00. The van der Waals surface area contributed by atoms with Gasteiger partial charge in [-0.2, -0.15) is 0 Å². The molecule has 0 saturated carbocycles. The summed E-state index contributed by atoms with van der Waals surface area (Å²) >= 11 is 1.66. The first-order valence-corrected chi connectivity index (χ1v) is 9.97. The lowest BCUT2D eigenvalue weighted by atomic mass is 10.1. The Labute approximate surface area is 153 Å². The molecule has 1 atom stereocenters. The SMILES string of the molecule is CCc1nc(C)c(CNC(=O)c2ccc([C@H](C)N3CCCCC3)o2)s1. The number of amides is 1. The molecule has 5 nitrogen and oxygen atoms in total. The summed E-state index contributed by atoms with van der Waals surface area (Å²) < 4.78 is 5.84. The van der Waals surface area contributed by atoms with E-state index < -0.39 is 0 Å². The molecule has 136 valence electrons. The van der Waals surface area contributed by atoms with Crippen LogP contribution in [-0.2, 0) is 13.0 Å². The van der Waals surface area contributed by atoms with E-state index in [9.17, 15) is 4.79 Å². The van der Waals surface area contributed by atoms with Gasteiger partial charge in [0.2, 0.25) is 0 Å². The van der Waals surface area contributed by atoms with Crippen LogP contribution in [-0.4, -0.2) is 28.9 Å². The molecular formula is C19H27N3O2S. The molecule has 0 bridgehead atoms. The van der Waals surface area contributed by atoms with Crippen molar-refractivity contribution in [3.8, 4) is 0 Å². The predicted octanol–water partition coefficient (Wildman–Crippen LogP) is 4.08. The van der Waals surface area contributed by atoms with Crippen molar-refractivity contribution in [3.05, 3.63) is 39.2 Å². The van der Waals surface area contributed by atoms with Crippen molar-refractivity contribution in [2.75, 3.05) is 13.1 Å². The van der Waals surface area contributed by atoms with Crippen molar-refractivity contribution < 1.29 is 9.21 Å². The molecule has 0 spiro atoms. The van der Waals surface area contributed by atoms with E-state index in [2.05, 4.69) is 29.0 Å². The number of likely N-dealkylation sites (tertiary alicyclic amines) is 1. The zero-order chi connectivity index (χ0) is 17.8. The molecule has 1 saturated heterocycles. The maximum absolute atomic E-state index is 12.4. The van der Waals surface area contributed by atoms with Gasteiger partial charge in [0.25, 0.3) is 5.91 Å². The second-order valence-corrected chi connectivity index (χ2v) is 7.80. The Hall–Kier alpha value is -1.66. The first-order valence-electron chi connectivity index (χ1n) is 9.15. The predicted molar refractivity (Wildman–Crippen MR) is 99.9 cm³/mol. The zero-order valence-electron chi connectivity index (χ0n) is 15.3. The Morgan fingerprint density at radius 2 is 2.12 bits per heavy atom. The van der Waals surface area contributed by atoms with E-state index in [0.717, 1.165) is 40.8 Å². The third-order valence-corrected chi connectivity index (χ3v) is 6.15. The zero-order valence-corrected chi connectivity index (χ0v) is 16.1. The van der Waals surface area contributed by atoms with Gasteiger partial charge in [0.05, 0.1) is 23.3 Å². The van der Waals surface area contributed by atoms with Gasteiger partial charge in [-0.15, -0.1) is 11.3 Å². The van der Waals surface area contributed by atoms with Gasteiger partial charge in [0.1, 0.15) is 5.76 Å². The summed E-state index contributed by atoms with van der Waals surface area (Å²) in [5, 5.41) is 4.06. The number of hydrogen-bond acceptors (Lipinski definition) is 5. The molecule has 0 aromatic carbocycles. The standard InChI is InChI=1S/C19H27N3O2S/c1-4-18-21-13(2)17(25-18)12-20-19(23)16-9-8-15(24-16)14(3)22-10-6-5-7-11-22/h8-9,14H,4-7,10-12H2,1-3H3,(H,20,23)/t14-/m0/s1. The molecule has 0 unspecified atom stereocenters. The third-order valence-electron chi connectivity index (χ3n) is 4.85. The van der Waals surface area contributed by atoms with Crippen molar-refractivity contribution in [1.29, 1.82) is 0 Å². The number of furan rings is 1. The minimum atomic E-state index is -0.164. The maximum atomic E-state index is 12.4. The summed E-state index contributed by atoms with van der Waals surface area (Å²) in [6, 6.07) is 3.93. The number of nitrogens with one attached hydrogen (secondary N) is 1. The molecule has 1 N–H and O–H groups in total. The average molecular weight is 362 g/mol. The number of thiazole rings is 1. The van der Waals surface area contributed by atoms with Gasteiger partial charge in [0.15, 0.2) is 5.76 Å². The molecule has 0 radical (unpaired) electrons. The highest BCUT2D eigenvalue weighted by molar-refractivity contribution is 7.11. The van der Waals surface area contributed by atoms with Crippen LogP contribution >= 0.6 is 11.3 Å². The summed E-state index contributed by atoms with van der Waals surface area (Å²) in [6.45, 7) is 8.94. The Bertz CT molecular complexity index is 716. The summed E-state index contributed by atoms with van der Waals surface area (Å²) in [7, 11) is 0. The first kappa shape index (κ1) is 18.1. The van der Waals surface area contributed by atoms with Crippen LogP contribution in [0.25, 0.3) is 0 Å². The molecule has 1 amide bonds. The number of rotatable bonds is 6. The van der Waals surface area contributed by atoms with E-state index in [0.29, 0.717) is 12.3 Å². The fourth-order valence-corrected chi connectivity index (χ4v) is 4.19. The second kappa shape index (κ2) is 8.15. The first-order chi connectivity index (χ1) is 12.1. The Kier molecular flexibility index (Phi) is 5.91. The van der Waals surface area contributed by atoms with Gasteiger partial charge in [-0.3, -0.25) is 9.69 Å². The quantitative estimate of drug-likeness (QED) is 0.842. The van der Waals surface area contributed by atoms with Crippen LogP contribution in [0, 0.1) is 6.92 Å². The van der Waals surface area contributed by atoms with Gasteiger partial charge in [-0.25, -0.2) is 4.98 Å². The molecule has 3 rings (SSSR count). The number of aryl methyl sites for hydroxylation is 2. The fraction of sp³-hybridized carbons (Fsp3) is 0.579. The highest BCUT2D eigenvalue weighted by atomic mass is 32.1. The minimum absolute atomic E-state index is 0.164. The number of carbonyl (C=O) groups excluding carboxylic acids is 1. The molecule has 3 heterocycles. The van der Waals surface area contributed by atoms with Crippen LogP contribution in [0.5, 0.6) is 0 Å². The number of carbonyl (C=O) groups is 1. The molecular weight excluding hydrogens is 334 g/mol. The average Bonchev–Trinajstić information content (AvgIpc) is 3.26. The van der Waals surface area contributed by atoms with E-state index in [-0.39, 0.29) is 11.9 Å². The third kappa shape index (κ3) is 4.30. The normalized spacial score (nSPS) is 16.8. The monoisotopic (exact) mass is 361 g/mol. The summed E-state index contributed by atoms with van der Waals surface area (Å²) in [5.74, 6) is 1.09. The Morgan fingerprint density at radius 3 is 2.80 bits per heavy atom. The van der Waals surface area contributed by atoms with Crippen LogP contribution in [0.15, 0.2) is 16.5 Å². The van der Waals surface area contributed by atoms with Crippen LogP contribution < -0.4 is 5.32 Å². The lowest BCUT2D eigenvalue weighted by molar-refractivity contribution is 0.0914. The van der Waals surface area contributed by atoms with Gasteiger partial charge in [-0.05, 0) is 58.3 Å². The van der Waals surface area contributed by atoms with Crippen molar-refractivity contribution in [1.82, 2.24) is 15.2 Å². The van der Waals surface area contributed by atoms with E-state index in [1.165, 1.54) is 19.3 Å². The van der Waals surface area contributed by atoms with E-state index in [4.69, 9.17) is 4.42 Å². The molecule has 0 aliphatic carbocycles. The lowest BCUT2D eigenvalue weighted by Crippen LogP contribution is -2.32. The van der Waals surface area contributed by atoms with Crippen molar-refractivity contribution in [3.63, 3.8) is 0 Å². The number of piperidine rings is 1. The minimum Gasteiger partial charge on any atom is -0.454 e. The Morgan fingerprint density at radius 1 is 1.36 bits per heavy atom. The highest BCUT2D eigenvalue weighted by Gasteiger charge is 2.22. The highest BCUT2D eigenvalue weighted by Crippen LogP contribution is 2.26. The number of aromatic nitrogens is 1. The van der Waals surface area contributed by atoms with E-state index in [1.54, 1.807) is 17.4 Å². The van der Waals surface area contributed by atoms with Crippen molar-refractivity contribution >= 4 is 17.2 Å². The summed E-state index contributed by atoms with van der Waals surface area (Å²) in [4.78, 5) is 20.4. The van der Waals surface area contributed by atoms with Crippen LogP contribution in [0.3, 0.4) is 0 Å². The van der Waals surface area contributed by atoms with Gasteiger partial charge in [0, 0.05) is 4.88 Å². The largest absolute Gasteiger partial charge is 0.454 e. The smallest absolute Gasteiger partial charge is 0.287 e. The number of hydrogen-bond donors (Lipinski definition) is 1. The molecule has 1 fully saturated rings. The molecule has 2 aromatic rings. The maximum Gasteiger partial charge on any atom is 0.287 e. The summed E-state index contributed by atoms with van der Waals surface area (Å²) in [6.07, 6.45) is 4.72.